The topological polar surface area (TPSA) is 77.1 Å². The van der Waals surface area contributed by atoms with E-state index in [0.29, 0.717) is 24.2 Å². The number of rotatable bonds is 9. The van der Waals surface area contributed by atoms with Crippen LogP contribution in [0.25, 0.3) is 10.9 Å². The van der Waals surface area contributed by atoms with Gasteiger partial charge in [-0.25, -0.2) is 0 Å². The lowest BCUT2D eigenvalue weighted by Crippen LogP contribution is -2.12. The van der Waals surface area contributed by atoms with Crippen LogP contribution in [0.2, 0.25) is 0 Å². The fraction of sp³-hybridized carbons (Fsp3) is 0.304. The average molecular weight is 377 g/mol. The molecular formula is C23H27N3O2. The first-order valence-electron chi connectivity index (χ1n) is 9.78. The number of unbranched alkanes of at least 4 members (excludes halogenated alkanes) is 3. The molecule has 3 aromatic rings. The molecule has 0 unspecified atom stereocenters. The molecule has 3 rings (SSSR count). The van der Waals surface area contributed by atoms with Crippen molar-refractivity contribution in [2.24, 2.45) is 7.05 Å². The highest BCUT2D eigenvalue weighted by atomic mass is 16.1. The van der Waals surface area contributed by atoms with Crippen molar-refractivity contribution in [3.8, 4) is 0 Å². The van der Waals surface area contributed by atoms with Crippen molar-refractivity contribution < 1.29 is 9.59 Å². The number of nitrogens with zero attached hydrogens (tertiary/aromatic N) is 1. The van der Waals surface area contributed by atoms with E-state index in [0.717, 1.165) is 42.1 Å². The third-order valence-electron chi connectivity index (χ3n) is 4.99. The number of nitrogens with two attached hydrogens (primary N) is 1. The summed E-state index contributed by atoms with van der Waals surface area (Å²) in [6, 6.07) is 15.2. The Hall–Kier alpha value is -3.08. The minimum Gasteiger partial charge on any atom is -0.397 e. The van der Waals surface area contributed by atoms with Crippen LogP contribution in [0.1, 0.15) is 48.9 Å². The summed E-state index contributed by atoms with van der Waals surface area (Å²) in [7, 11) is 1.97. The fourth-order valence-corrected chi connectivity index (χ4v) is 3.45. The molecule has 0 aliphatic rings. The lowest BCUT2D eigenvalue weighted by Gasteiger charge is -2.07. The van der Waals surface area contributed by atoms with Gasteiger partial charge in [0.25, 0.3) is 0 Å². The first-order chi connectivity index (χ1) is 13.6. The van der Waals surface area contributed by atoms with Crippen molar-refractivity contribution in [2.75, 3.05) is 11.1 Å². The maximum absolute atomic E-state index is 12.6. The maximum atomic E-state index is 12.6. The Morgan fingerprint density at radius 1 is 0.929 bits per heavy atom. The number of benzene rings is 2. The number of fused-ring (bicyclic) bond motifs is 1. The lowest BCUT2D eigenvalue weighted by atomic mass is 10.0. The summed E-state index contributed by atoms with van der Waals surface area (Å²) in [5.41, 5.74) is 8.94. The maximum Gasteiger partial charge on any atom is 0.224 e. The van der Waals surface area contributed by atoms with Crippen LogP contribution in [0.15, 0.2) is 54.7 Å². The van der Waals surface area contributed by atoms with Gasteiger partial charge in [-0.3, -0.25) is 9.59 Å². The smallest absolute Gasteiger partial charge is 0.224 e. The van der Waals surface area contributed by atoms with E-state index in [1.807, 2.05) is 54.2 Å². The Bertz CT molecular complexity index is 975. The van der Waals surface area contributed by atoms with Crippen LogP contribution in [0, 0.1) is 0 Å². The number of amides is 1. The molecule has 146 valence electrons. The van der Waals surface area contributed by atoms with Crippen LogP contribution >= 0.6 is 0 Å². The number of ketones is 1. The molecule has 1 heterocycles. The zero-order valence-electron chi connectivity index (χ0n) is 16.3. The first-order valence-corrected chi connectivity index (χ1v) is 9.78. The van der Waals surface area contributed by atoms with Crippen LogP contribution in [0.3, 0.4) is 0 Å². The van der Waals surface area contributed by atoms with Gasteiger partial charge in [0, 0.05) is 42.6 Å². The second-order valence-electron chi connectivity index (χ2n) is 7.14. The van der Waals surface area contributed by atoms with E-state index in [1.165, 1.54) is 0 Å². The number of para-hydroxylation sites is 3. The third kappa shape index (κ3) is 4.80. The number of carbonyl (C=O) groups excluding carboxylic acids is 2. The average Bonchev–Trinajstić information content (AvgIpc) is 3.03. The van der Waals surface area contributed by atoms with Gasteiger partial charge in [-0.15, -0.1) is 0 Å². The molecule has 5 heteroatoms. The molecule has 0 fully saturated rings. The molecule has 1 aromatic heterocycles. The second-order valence-corrected chi connectivity index (χ2v) is 7.14. The van der Waals surface area contributed by atoms with E-state index in [1.54, 1.807) is 12.1 Å². The Morgan fingerprint density at radius 2 is 1.61 bits per heavy atom. The van der Waals surface area contributed by atoms with Crippen molar-refractivity contribution in [1.29, 1.82) is 0 Å². The molecule has 0 radical (unpaired) electrons. The molecule has 0 aliphatic carbocycles. The van der Waals surface area contributed by atoms with E-state index in [4.69, 9.17) is 5.73 Å². The summed E-state index contributed by atoms with van der Waals surface area (Å²) in [4.78, 5) is 24.6. The molecule has 3 N–H and O–H groups in total. The van der Waals surface area contributed by atoms with Gasteiger partial charge >= 0.3 is 0 Å². The number of hydrogen-bond donors (Lipinski definition) is 2. The minimum absolute atomic E-state index is 0.0234. The van der Waals surface area contributed by atoms with Crippen molar-refractivity contribution >= 4 is 34.0 Å². The van der Waals surface area contributed by atoms with Crippen LogP contribution < -0.4 is 11.1 Å². The molecule has 0 saturated heterocycles. The van der Waals surface area contributed by atoms with Gasteiger partial charge < -0.3 is 15.6 Å². The highest BCUT2D eigenvalue weighted by Crippen LogP contribution is 2.22. The van der Waals surface area contributed by atoms with E-state index in [9.17, 15) is 9.59 Å². The molecular weight excluding hydrogens is 350 g/mol. The summed E-state index contributed by atoms with van der Waals surface area (Å²) in [6.07, 6.45) is 6.45. The highest BCUT2D eigenvalue weighted by molar-refractivity contribution is 6.08. The quantitative estimate of drug-likeness (QED) is 0.315. The number of nitrogens with one attached hydrogen (secondary N) is 1. The second kappa shape index (κ2) is 9.22. The molecule has 0 bridgehead atoms. The van der Waals surface area contributed by atoms with Crippen LogP contribution in [-0.4, -0.2) is 16.3 Å². The zero-order valence-corrected chi connectivity index (χ0v) is 16.3. The normalized spacial score (nSPS) is 10.9. The summed E-state index contributed by atoms with van der Waals surface area (Å²) in [5.74, 6) is 0.166. The van der Waals surface area contributed by atoms with Gasteiger partial charge in [0.2, 0.25) is 5.91 Å². The predicted molar refractivity (Wildman–Crippen MR) is 114 cm³/mol. The predicted octanol–water partition coefficient (Wildman–Crippen LogP) is 4.92. The summed E-state index contributed by atoms with van der Waals surface area (Å²) >= 11 is 0. The fourth-order valence-electron chi connectivity index (χ4n) is 3.45. The van der Waals surface area contributed by atoms with Gasteiger partial charge in [0.15, 0.2) is 5.78 Å². The van der Waals surface area contributed by atoms with Gasteiger partial charge in [-0.1, -0.05) is 43.2 Å². The highest BCUT2D eigenvalue weighted by Gasteiger charge is 2.13. The Morgan fingerprint density at radius 3 is 2.39 bits per heavy atom. The number of hydrogen-bond acceptors (Lipinski definition) is 3. The van der Waals surface area contributed by atoms with Crippen LogP contribution in [0.5, 0.6) is 0 Å². The third-order valence-corrected chi connectivity index (χ3v) is 4.99. The van der Waals surface area contributed by atoms with Crippen molar-refractivity contribution in [3.05, 3.63) is 60.3 Å². The first kappa shape index (κ1) is 19.7. The van der Waals surface area contributed by atoms with Crippen molar-refractivity contribution in [1.82, 2.24) is 4.57 Å². The number of Topliss-reactive ketones (excluding diaryl/α,β-unsaturated/α-hetero) is 1. The van der Waals surface area contributed by atoms with Crippen LogP contribution in [-0.2, 0) is 11.8 Å². The molecule has 5 nitrogen and oxygen atoms in total. The molecule has 0 spiro atoms. The summed E-state index contributed by atoms with van der Waals surface area (Å²) in [5, 5.41) is 3.86. The van der Waals surface area contributed by atoms with E-state index in [2.05, 4.69) is 5.32 Å². The Labute approximate surface area is 165 Å². The number of carbonyl (C=O) groups is 2. The van der Waals surface area contributed by atoms with Gasteiger partial charge in [0.1, 0.15) is 0 Å². The molecule has 0 atom stereocenters. The monoisotopic (exact) mass is 377 g/mol. The minimum atomic E-state index is -0.0234. The SMILES string of the molecule is Cn1cc(C(=O)CCCCCCC(=O)Nc2ccccc2N)c2ccccc21. The molecule has 1 amide bonds. The van der Waals surface area contributed by atoms with Crippen molar-refractivity contribution in [2.45, 2.75) is 38.5 Å². The zero-order chi connectivity index (χ0) is 19.9. The summed E-state index contributed by atoms with van der Waals surface area (Å²) in [6.45, 7) is 0. The molecule has 0 aliphatic heterocycles. The largest absolute Gasteiger partial charge is 0.397 e. The van der Waals surface area contributed by atoms with Crippen molar-refractivity contribution in [3.63, 3.8) is 0 Å². The van der Waals surface area contributed by atoms with Gasteiger partial charge in [-0.2, -0.15) is 0 Å². The molecule has 2 aromatic carbocycles. The van der Waals surface area contributed by atoms with E-state index < -0.39 is 0 Å². The van der Waals surface area contributed by atoms with Gasteiger partial charge in [-0.05, 0) is 31.0 Å². The number of aromatic nitrogens is 1. The Kier molecular flexibility index (Phi) is 6.48. The molecule has 0 saturated carbocycles. The molecule has 28 heavy (non-hydrogen) atoms. The standard InChI is InChI=1S/C23H27N3O2/c1-26-16-18(17-10-6-9-13-21(17)26)22(27)14-4-2-3-5-15-23(28)25-20-12-8-7-11-19(20)24/h6-13,16H,2-5,14-15,24H2,1H3,(H,25,28). The number of nitrogen functional groups attached to an aromatic ring is 1. The number of anilines is 2. The Balaban J connectivity index is 1.37. The van der Waals surface area contributed by atoms with E-state index in [-0.39, 0.29) is 11.7 Å². The lowest BCUT2D eigenvalue weighted by molar-refractivity contribution is -0.116. The summed E-state index contributed by atoms with van der Waals surface area (Å²) < 4.78 is 2.00. The van der Waals surface area contributed by atoms with Gasteiger partial charge in [0.05, 0.1) is 11.4 Å². The van der Waals surface area contributed by atoms with Crippen LogP contribution in [0.4, 0.5) is 11.4 Å². The van der Waals surface area contributed by atoms with E-state index >= 15 is 0 Å². The number of aryl methyl sites for hydroxylation is 1.